The molecule has 2 N–H and O–H groups in total. The summed E-state index contributed by atoms with van der Waals surface area (Å²) in [4.78, 5) is 0. The zero-order chi connectivity index (χ0) is 0. The van der Waals surface area contributed by atoms with Crippen molar-refractivity contribution in [2.45, 2.75) is 0 Å². The van der Waals surface area contributed by atoms with Crippen LogP contribution in [0.4, 0.5) is 0 Å². The molecule has 8 heteroatoms. The first kappa shape index (κ1) is 137. The molecule has 8 heavy (non-hydrogen) atoms. The van der Waals surface area contributed by atoms with Gasteiger partial charge >= 0.3 is 70.2 Å². The maximum atomic E-state index is 0. The summed E-state index contributed by atoms with van der Waals surface area (Å²) in [6, 6.07) is 0. The fourth-order valence-electron chi connectivity index (χ4n) is 0. The average molecular weight is 312 g/mol. The second-order valence-electron chi connectivity index (χ2n) is 0. The van der Waals surface area contributed by atoms with Crippen molar-refractivity contribution in [3.63, 3.8) is 0 Å². The van der Waals surface area contributed by atoms with E-state index >= 15 is 0 Å². The minimum Gasteiger partial charge on any atom is -2.00 e. The topological polar surface area (TPSA) is 146 Å². The first-order valence-corrected chi connectivity index (χ1v) is 0. The van der Waals surface area contributed by atoms with Gasteiger partial charge in [0.2, 0.25) is 0 Å². The van der Waals surface area contributed by atoms with Gasteiger partial charge in [-0.25, -0.2) is 0 Å². The summed E-state index contributed by atoms with van der Waals surface area (Å²) in [5, 5.41) is 0. The molecule has 0 aliphatic rings. The molecule has 0 saturated heterocycles. The summed E-state index contributed by atoms with van der Waals surface area (Å²) < 4.78 is 0. The minimum atomic E-state index is 0. The molecule has 0 atom stereocenters. The molecular formula is H2KLiO5W-6. The van der Waals surface area contributed by atoms with Crippen molar-refractivity contribution in [3.05, 3.63) is 0 Å². The fourth-order valence-corrected chi connectivity index (χ4v) is 0. The van der Waals surface area contributed by atoms with E-state index in [0.717, 1.165) is 0 Å². The van der Waals surface area contributed by atoms with Gasteiger partial charge < -0.3 is 27.4 Å². The van der Waals surface area contributed by atoms with Gasteiger partial charge in [-0.3, -0.25) is 0 Å². The molecule has 0 aromatic rings. The Labute approximate surface area is 116 Å². The quantitative estimate of drug-likeness (QED) is 0.391. The van der Waals surface area contributed by atoms with Gasteiger partial charge in [-0.15, -0.1) is 0 Å². The molecule has 0 unspecified atom stereocenters. The second kappa shape index (κ2) is 99.8. The van der Waals surface area contributed by atoms with Crippen LogP contribution in [0.1, 0.15) is 0 Å². The predicted molar refractivity (Wildman–Crippen MR) is 6.36 cm³/mol. The second-order valence-corrected chi connectivity index (χ2v) is 0. The fraction of sp³-hybridized carbons (Fsp3) is 0. The third-order valence-electron chi connectivity index (χ3n) is 0. The molecule has 0 heterocycles. The van der Waals surface area contributed by atoms with E-state index < -0.39 is 0 Å². The Balaban J connectivity index is 0. The molecular weight excluding hydrogens is 310 g/mol. The maximum Gasteiger partial charge on any atom is 1.00 e. The Kier molecular flexibility index (Phi) is 1710. The van der Waals surface area contributed by atoms with Crippen LogP contribution in [-0.4, -0.2) is 5.48 Å². The molecule has 0 amide bonds. The average Bonchev–Trinajstić information content (AvgIpc) is 0. The van der Waals surface area contributed by atoms with Crippen LogP contribution in [0.3, 0.4) is 0 Å². The van der Waals surface area contributed by atoms with Crippen molar-refractivity contribution < 1.29 is 119 Å². The van der Waals surface area contributed by atoms with E-state index in [0.29, 0.717) is 0 Å². The molecule has 0 aromatic carbocycles. The Hall–Kier alpha value is 2.72. The van der Waals surface area contributed by atoms with Crippen LogP contribution in [-0.2, 0) is 43.0 Å². The molecule has 0 bridgehead atoms. The standard InChI is InChI=1S/K.Li.H2O.4O.W/h;;1H2;;;;;/q2*+1;;4*-2;. The molecule has 0 aromatic heterocycles. The van der Waals surface area contributed by atoms with Gasteiger partial charge in [0.1, 0.15) is 0 Å². The molecule has 0 aliphatic heterocycles. The van der Waals surface area contributed by atoms with E-state index in [1.165, 1.54) is 0 Å². The van der Waals surface area contributed by atoms with Crippen LogP contribution >= 0.6 is 0 Å². The predicted octanol–water partition coefficient (Wildman–Crippen LogP) is -7.29. The van der Waals surface area contributed by atoms with Gasteiger partial charge in [0.15, 0.2) is 0 Å². The van der Waals surface area contributed by atoms with Crippen LogP contribution in [0.25, 0.3) is 0 Å². The van der Waals surface area contributed by atoms with Crippen LogP contribution in [0.2, 0.25) is 0 Å². The Morgan fingerprint density at radius 2 is 0.625 bits per heavy atom. The van der Waals surface area contributed by atoms with Gasteiger partial charge in [-0.1, -0.05) is 0 Å². The summed E-state index contributed by atoms with van der Waals surface area (Å²) >= 11 is 0. The molecule has 0 fully saturated rings. The zero-order valence-corrected chi connectivity index (χ0v) is 10.6. The van der Waals surface area contributed by atoms with Crippen molar-refractivity contribution in [1.82, 2.24) is 0 Å². The van der Waals surface area contributed by atoms with Crippen LogP contribution < -0.4 is 70.2 Å². The number of hydrogen-bond acceptors (Lipinski definition) is 0. The summed E-state index contributed by atoms with van der Waals surface area (Å²) in [5.74, 6) is 0. The molecule has 0 rings (SSSR count). The van der Waals surface area contributed by atoms with Crippen LogP contribution in [0.15, 0.2) is 0 Å². The molecule has 0 spiro atoms. The Bertz CT molecular complexity index is 12.4. The number of rotatable bonds is 0. The van der Waals surface area contributed by atoms with Crippen molar-refractivity contribution in [1.29, 1.82) is 0 Å². The van der Waals surface area contributed by atoms with E-state index in [1.54, 1.807) is 0 Å². The maximum absolute atomic E-state index is 0. The Morgan fingerprint density at radius 3 is 0.625 bits per heavy atom. The van der Waals surface area contributed by atoms with Crippen molar-refractivity contribution >= 4 is 0 Å². The third kappa shape index (κ3) is 70.2. The number of hydrogen-bond donors (Lipinski definition) is 0. The third-order valence-corrected chi connectivity index (χ3v) is 0. The molecule has 46 valence electrons. The summed E-state index contributed by atoms with van der Waals surface area (Å²) in [6.07, 6.45) is 0. The van der Waals surface area contributed by atoms with Crippen molar-refractivity contribution in [2.24, 2.45) is 0 Å². The summed E-state index contributed by atoms with van der Waals surface area (Å²) in [5.41, 5.74) is 0. The molecule has 5 nitrogen and oxygen atoms in total. The van der Waals surface area contributed by atoms with E-state index in [2.05, 4.69) is 0 Å². The molecule has 0 aliphatic carbocycles. The normalized spacial score (nSPS) is 0. The van der Waals surface area contributed by atoms with Crippen LogP contribution in [0.5, 0.6) is 0 Å². The monoisotopic (exact) mass is 312 g/mol. The first-order chi connectivity index (χ1) is 0. The van der Waals surface area contributed by atoms with Gasteiger partial charge in [0.05, 0.1) is 0 Å². The Morgan fingerprint density at radius 1 is 0.625 bits per heavy atom. The minimum absolute atomic E-state index is 0. The van der Waals surface area contributed by atoms with Gasteiger partial charge in [-0.05, 0) is 0 Å². The summed E-state index contributed by atoms with van der Waals surface area (Å²) in [6.45, 7) is 0. The van der Waals surface area contributed by atoms with E-state index in [-0.39, 0.29) is 119 Å². The largest absolute Gasteiger partial charge is 2.00 e. The van der Waals surface area contributed by atoms with Crippen molar-refractivity contribution in [3.8, 4) is 0 Å². The van der Waals surface area contributed by atoms with Gasteiger partial charge in [0, 0.05) is 21.1 Å². The smallest absolute Gasteiger partial charge is 1.00 e. The van der Waals surface area contributed by atoms with E-state index in [1.807, 2.05) is 0 Å². The van der Waals surface area contributed by atoms with E-state index in [9.17, 15) is 0 Å². The van der Waals surface area contributed by atoms with Crippen LogP contribution in [0, 0.1) is 0 Å². The van der Waals surface area contributed by atoms with Gasteiger partial charge in [-0.2, -0.15) is 0 Å². The first-order valence-electron chi connectivity index (χ1n) is 0. The molecule has 0 saturated carbocycles. The van der Waals surface area contributed by atoms with Gasteiger partial charge in [0.25, 0.3) is 0 Å². The zero-order valence-electron chi connectivity index (χ0n) is 4.54. The van der Waals surface area contributed by atoms with E-state index in [4.69, 9.17) is 0 Å². The summed E-state index contributed by atoms with van der Waals surface area (Å²) in [7, 11) is 0. The SMILES string of the molecule is O.[K+].[Li+].[O-2].[O-2].[O-2].[O-2].[W]. The van der Waals surface area contributed by atoms with Crippen molar-refractivity contribution in [2.75, 3.05) is 0 Å². The molecule has 0 radical (unpaired) electrons.